The molecule has 0 aliphatic carbocycles. The fraction of sp³-hybridized carbons (Fsp3) is 0.227. The number of anilines is 1. The maximum absolute atomic E-state index is 14.1. The van der Waals surface area contributed by atoms with Crippen molar-refractivity contribution in [3.05, 3.63) is 69.1 Å². The third-order valence-corrected chi connectivity index (χ3v) is 5.27. The van der Waals surface area contributed by atoms with Crippen LogP contribution in [0.5, 0.6) is 5.75 Å². The van der Waals surface area contributed by atoms with Crippen LogP contribution >= 0.6 is 0 Å². The third kappa shape index (κ3) is 3.18. The second-order valence-corrected chi connectivity index (χ2v) is 7.41. The van der Waals surface area contributed by atoms with E-state index in [1.807, 2.05) is 37.2 Å². The number of halogens is 1. The first-order valence-electron chi connectivity index (χ1n) is 9.54. The SMILES string of the molecule is COc1cc(N(C)C)ccc1-c1nc2c(c(=O)n(C)c(=O)n2C)n1-c1cccc(F)c1. The second kappa shape index (κ2) is 7.42. The molecule has 8 nitrogen and oxygen atoms in total. The largest absolute Gasteiger partial charge is 0.496 e. The zero-order chi connectivity index (χ0) is 22.4. The molecule has 0 bridgehead atoms. The normalized spacial score (nSPS) is 11.2. The van der Waals surface area contributed by atoms with Crippen LogP contribution in [0.3, 0.4) is 0 Å². The van der Waals surface area contributed by atoms with Gasteiger partial charge in [-0.3, -0.25) is 18.5 Å². The lowest BCUT2D eigenvalue weighted by Gasteiger charge is -2.16. The fourth-order valence-electron chi connectivity index (χ4n) is 3.59. The van der Waals surface area contributed by atoms with Gasteiger partial charge in [0.2, 0.25) is 0 Å². The van der Waals surface area contributed by atoms with Gasteiger partial charge in [0.05, 0.1) is 18.4 Å². The van der Waals surface area contributed by atoms with Crippen molar-refractivity contribution in [2.75, 3.05) is 26.1 Å². The van der Waals surface area contributed by atoms with Crippen molar-refractivity contribution < 1.29 is 9.13 Å². The average molecular weight is 423 g/mol. The van der Waals surface area contributed by atoms with Gasteiger partial charge in [-0.05, 0) is 30.3 Å². The van der Waals surface area contributed by atoms with Crippen LogP contribution in [0.4, 0.5) is 10.1 Å². The lowest BCUT2D eigenvalue weighted by molar-refractivity contribution is 0.416. The molecule has 0 saturated carbocycles. The number of rotatable bonds is 4. The number of benzene rings is 2. The standard InChI is InChI=1S/C22H22FN5O3/c1-25(2)14-9-10-16(17(12-14)31-5)19-24-20-18(21(29)27(4)22(30)26(20)3)28(19)15-8-6-7-13(23)11-15/h6-12H,1-5H3. The zero-order valence-electron chi connectivity index (χ0n) is 17.9. The number of fused-ring (bicyclic) bond motifs is 1. The summed E-state index contributed by atoms with van der Waals surface area (Å²) < 4.78 is 23.6. The summed E-state index contributed by atoms with van der Waals surface area (Å²) in [5.41, 5.74) is 1.27. The summed E-state index contributed by atoms with van der Waals surface area (Å²) in [6.07, 6.45) is 0. The van der Waals surface area contributed by atoms with Crippen LogP contribution in [0.2, 0.25) is 0 Å². The van der Waals surface area contributed by atoms with Gasteiger partial charge in [-0.2, -0.15) is 0 Å². The summed E-state index contributed by atoms with van der Waals surface area (Å²) in [4.78, 5) is 32.1. The highest BCUT2D eigenvalue weighted by molar-refractivity contribution is 5.82. The van der Waals surface area contributed by atoms with Crippen LogP contribution < -0.4 is 20.9 Å². The van der Waals surface area contributed by atoms with Gasteiger partial charge in [0.1, 0.15) is 11.6 Å². The minimum Gasteiger partial charge on any atom is -0.496 e. The number of hydrogen-bond acceptors (Lipinski definition) is 5. The van der Waals surface area contributed by atoms with Gasteiger partial charge < -0.3 is 9.64 Å². The van der Waals surface area contributed by atoms with E-state index in [9.17, 15) is 14.0 Å². The molecule has 0 saturated heterocycles. The molecule has 31 heavy (non-hydrogen) atoms. The summed E-state index contributed by atoms with van der Waals surface area (Å²) in [6.45, 7) is 0. The Morgan fingerprint density at radius 3 is 2.42 bits per heavy atom. The summed E-state index contributed by atoms with van der Waals surface area (Å²) in [5, 5.41) is 0. The number of methoxy groups -OCH3 is 1. The Hall–Kier alpha value is -3.88. The summed E-state index contributed by atoms with van der Waals surface area (Å²) in [6, 6.07) is 11.4. The minimum absolute atomic E-state index is 0.170. The Balaban J connectivity index is 2.18. The van der Waals surface area contributed by atoms with Gasteiger partial charge >= 0.3 is 5.69 Å². The number of nitrogens with zero attached hydrogens (tertiary/aromatic N) is 5. The topological polar surface area (TPSA) is 74.3 Å². The van der Waals surface area contributed by atoms with Gasteiger partial charge in [-0.15, -0.1) is 0 Å². The van der Waals surface area contributed by atoms with Crippen molar-refractivity contribution >= 4 is 16.9 Å². The van der Waals surface area contributed by atoms with Crippen LogP contribution in [0.15, 0.2) is 52.1 Å². The maximum atomic E-state index is 14.1. The molecule has 2 heterocycles. The Labute approximate surface area is 177 Å². The van der Waals surface area contributed by atoms with E-state index >= 15 is 0 Å². The van der Waals surface area contributed by atoms with Crippen molar-refractivity contribution in [3.8, 4) is 22.8 Å². The van der Waals surface area contributed by atoms with Crippen molar-refractivity contribution in [2.24, 2.45) is 14.1 Å². The van der Waals surface area contributed by atoms with Crippen molar-refractivity contribution in [1.29, 1.82) is 0 Å². The molecule has 0 spiro atoms. The van der Waals surface area contributed by atoms with E-state index in [-0.39, 0.29) is 11.2 Å². The molecular formula is C22H22FN5O3. The number of ether oxygens (including phenoxy) is 1. The Kier molecular flexibility index (Phi) is 4.88. The first kappa shape index (κ1) is 20.4. The van der Waals surface area contributed by atoms with E-state index in [2.05, 4.69) is 4.98 Å². The maximum Gasteiger partial charge on any atom is 0.332 e. The van der Waals surface area contributed by atoms with Crippen LogP contribution in [-0.2, 0) is 14.1 Å². The molecule has 4 rings (SSSR count). The fourth-order valence-corrected chi connectivity index (χ4v) is 3.59. The highest BCUT2D eigenvalue weighted by Gasteiger charge is 2.23. The van der Waals surface area contributed by atoms with Gasteiger partial charge in [-0.1, -0.05) is 6.07 Å². The molecule has 2 aromatic carbocycles. The smallest absolute Gasteiger partial charge is 0.332 e. The number of hydrogen-bond donors (Lipinski definition) is 0. The third-order valence-electron chi connectivity index (χ3n) is 5.27. The molecule has 0 amide bonds. The molecule has 0 aliphatic heterocycles. The van der Waals surface area contributed by atoms with E-state index in [0.717, 1.165) is 10.3 Å². The van der Waals surface area contributed by atoms with Gasteiger partial charge in [0.25, 0.3) is 5.56 Å². The number of aromatic nitrogens is 4. The van der Waals surface area contributed by atoms with E-state index in [1.54, 1.807) is 30.9 Å². The predicted octanol–water partition coefficient (Wildman–Crippen LogP) is 2.30. The molecule has 0 fully saturated rings. The molecule has 160 valence electrons. The van der Waals surface area contributed by atoms with Crippen LogP contribution in [-0.4, -0.2) is 39.9 Å². The Bertz CT molecular complexity index is 1430. The molecule has 0 unspecified atom stereocenters. The van der Waals surface area contributed by atoms with E-state index in [0.29, 0.717) is 22.8 Å². The molecule has 9 heteroatoms. The minimum atomic E-state index is -0.523. The summed E-state index contributed by atoms with van der Waals surface area (Å²) >= 11 is 0. The first-order valence-corrected chi connectivity index (χ1v) is 9.54. The van der Waals surface area contributed by atoms with E-state index < -0.39 is 17.1 Å². The summed E-state index contributed by atoms with van der Waals surface area (Å²) in [5.74, 6) is 0.434. The van der Waals surface area contributed by atoms with Crippen LogP contribution in [0.1, 0.15) is 0 Å². The quantitative estimate of drug-likeness (QED) is 0.504. The highest BCUT2D eigenvalue weighted by atomic mass is 19.1. The van der Waals surface area contributed by atoms with Gasteiger partial charge in [0.15, 0.2) is 17.0 Å². The monoisotopic (exact) mass is 423 g/mol. The zero-order valence-corrected chi connectivity index (χ0v) is 17.9. The first-order chi connectivity index (χ1) is 14.7. The van der Waals surface area contributed by atoms with Crippen molar-refractivity contribution in [3.63, 3.8) is 0 Å². The predicted molar refractivity (Wildman–Crippen MR) is 118 cm³/mol. The average Bonchev–Trinajstić information content (AvgIpc) is 3.16. The van der Waals surface area contributed by atoms with Crippen LogP contribution in [0, 0.1) is 5.82 Å². The molecule has 4 aromatic rings. The molecule has 0 atom stereocenters. The highest BCUT2D eigenvalue weighted by Crippen LogP contribution is 2.35. The van der Waals surface area contributed by atoms with Gasteiger partial charge in [-0.25, -0.2) is 14.2 Å². The number of imidazole rings is 1. The van der Waals surface area contributed by atoms with Crippen molar-refractivity contribution in [1.82, 2.24) is 18.7 Å². The molecule has 0 aliphatic rings. The van der Waals surface area contributed by atoms with Crippen LogP contribution in [0.25, 0.3) is 28.2 Å². The molecule has 0 N–H and O–H groups in total. The summed E-state index contributed by atoms with van der Waals surface area (Å²) in [7, 11) is 8.32. The Morgan fingerprint density at radius 2 is 1.77 bits per heavy atom. The van der Waals surface area contributed by atoms with Gasteiger partial charge in [0, 0.05) is 39.9 Å². The lowest BCUT2D eigenvalue weighted by Crippen LogP contribution is -2.37. The molecule has 0 radical (unpaired) electrons. The number of aryl methyl sites for hydroxylation is 1. The molecular weight excluding hydrogens is 401 g/mol. The van der Waals surface area contributed by atoms with E-state index in [1.165, 1.54) is 23.7 Å². The van der Waals surface area contributed by atoms with Crippen molar-refractivity contribution in [2.45, 2.75) is 0 Å². The molecule has 2 aromatic heterocycles. The van der Waals surface area contributed by atoms with E-state index in [4.69, 9.17) is 4.74 Å². The Morgan fingerprint density at radius 1 is 1.03 bits per heavy atom. The lowest BCUT2D eigenvalue weighted by atomic mass is 10.1. The second-order valence-electron chi connectivity index (χ2n) is 7.41.